The molecule has 0 aliphatic carbocycles. The van der Waals surface area contributed by atoms with E-state index in [9.17, 15) is 14.7 Å². The lowest BCUT2D eigenvalue weighted by atomic mass is 9.91. The van der Waals surface area contributed by atoms with Crippen LogP contribution in [-0.2, 0) is 9.59 Å². The molecule has 1 aliphatic heterocycles. The number of carboxylic acid groups (broad SMARTS) is 1. The highest BCUT2D eigenvalue weighted by atomic mass is 16.4. The van der Waals surface area contributed by atoms with Gasteiger partial charge in [0.05, 0.1) is 6.10 Å². The van der Waals surface area contributed by atoms with Crippen molar-refractivity contribution in [2.75, 3.05) is 13.1 Å². The number of carbonyl (C=O) groups is 2. The van der Waals surface area contributed by atoms with Crippen LogP contribution in [0.3, 0.4) is 0 Å². The zero-order chi connectivity index (χ0) is 12.8. The molecule has 5 heteroatoms. The van der Waals surface area contributed by atoms with Crippen LogP contribution in [0.2, 0.25) is 0 Å². The van der Waals surface area contributed by atoms with Gasteiger partial charge in [0.15, 0.2) is 0 Å². The van der Waals surface area contributed by atoms with Crippen LogP contribution in [0.1, 0.15) is 26.2 Å². The molecule has 0 aromatic heterocycles. The van der Waals surface area contributed by atoms with Crippen LogP contribution in [0, 0.1) is 5.92 Å². The van der Waals surface area contributed by atoms with Gasteiger partial charge >= 0.3 is 5.97 Å². The quantitative estimate of drug-likeness (QED) is 0.708. The first-order valence-electron chi connectivity index (χ1n) is 5.92. The van der Waals surface area contributed by atoms with Crippen molar-refractivity contribution in [2.24, 2.45) is 5.92 Å². The predicted octanol–water partition coefficient (Wildman–Crippen LogP) is 0.637. The Morgan fingerprint density at radius 3 is 2.71 bits per heavy atom. The van der Waals surface area contributed by atoms with E-state index in [4.69, 9.17) is 5.11 Å². The maximum atomic E-state index is 11.7. The van der Waals surface area contributed by atoms with E-state index in [0.717, 1.165) is 25.0 Å². The molecule has 0 spiro atoms. The summed E-state index contributed by atoms with van der Waals surface area (Å²) in [6.07, 6.45) is 3.99. The molecule has 0 radical (unpaired) electrons. The highest BCUT2D eigenvalue weighted by Gasteiger charge is 2.28. The summed E-state index contributed by atoms with van der Waals surface area (Å²) in [6, 6.07) is 0. The number of carbonyl (C=O) groups excluding carboxylic acids is 1. The molecule has 1 heterocycles. The number of amides is 1. The molecule has 1 rings (SSSR count). The zero-order valence-electron chi connectivity index (χ0n) is 10.0. The van der Waals surface area contributed by atoms with Crippen molar-refractivity contribution in [3.05, 3.63) is 12.2 Å². The van der Waals surface area contributed by atoms with Crippen LogP contribution in [0.25, 0.3) is 0 Å². The number of nitrogens with zero attached hydrogens (tertiary/aromatic N) is 1. The van der Waals surface area contributed by atoms with Gasteiger partial charge in [0.2, 0.25) is 5.91 Å². The monoisotopic (exact) mass is 241 g/mol. The summed E-state index contributed by atoms with van der Waals surface area (Å²) in [5.41, 5.74) is 0. The second-order valence-corrected chi connectivity index (χ2v) is 4.36. The third-order valence-corrected chi connectivity index (χ3v) is 3.03. The number of hydrogen-bond acceptors (Lipinski definition) is 3. The third kappa shape index (κ3) is 4.19. The Bertz CT molecular complexity index is 314. The summed E-state index contributed by atoms with van der Waals surface area (Å²) in [5, 5.41) is 18.2. The van der Waals surface area contributed by atoms with Gasteiger partial charge in [-0.2, -0.15) is 0 Å². The maximum absolute atomic E-state index is 11.7. The molecule has 1 fully saturated rings. The van der Waals surface area contributed by atoms with Crippen molar-refractivity contribution in [1.82, 2.24) is 4.90 Å². The van der Waals surface area contributed by atoms with E-state index in [2.05, 4.69) is 0 Å². The van der Waals surface area contributed by atoms with Gasteiger partial charge < -0.3 is 15.1 Å². The van der Waals surface area contributed by atoms with Gasteiger partial charge in [0, 0.05) is 31.2 Å². The van der Waals surface area contributed by atoms with Gasteiger partial charge in [-0.1, -0.05) is 13.3 Å². The topological polar surface area (TPSA) is 77.8 Å². The maximum Gasteiger partial charge on any atom is 0.328 e. The Hall–Kier alpha value is -1.36. The molecule has 1 aliphatic rings. The van der Waals surface area contributed by atoms with Gasteiger partial charge in [0.25, 0.3) is 0 Å². The number of aliphatic hydroxyl groups excluding tert-OH is 1. The predicted molar refractivity (Wildman–Crippen MR) is 62.4 cm³/mol. The Kier molecular flexibility index (Phi) is 5.15. The minimum Gasteiger partial charge on any atom is -0.478 e. The summed E-state index contributed by atoms with van der Waals surface area (Å²) in [7, 11) is 0. The standard InChI is InChI=1S/C12H19NO4/c1-2-3-9-8-13(7-6-10(9)14)11(15)4-5-12(16)17/h4-5,9-10,14H,2-3,6-8H2,1H3,(H,16,17)/b5-4+/t9-,10+/m1/s1. The van der Waals surface area contributed by atoms with Gasteiger partial charge in [0.1, 0.15) is 0 Å². The largest absolute Gasteiger partial charge is 0.478 e. The van der Waals surface area contributed by atoms with Gasteiger partial charge in [-0.15, -0.1) is 0 Å². The third-order valence-electron chi connectivity index (χ3n) is 3.03. The van der Waals surface area contributed by atoms with E-state index in [0.29, 0.717) is 19.5 Å². The molecular formula is C12H19NO4. The van der Waals surface area contributed by atoms with Crippen molar-refractivity contribution in [3.63, 3.8) is 0 Å². The fourth-order valence-electron chi connectivity index (χ4n) is 2.12. The Morgan fingerprint density at radius 2 is 2.12 bits per heavy atom. The molecule has 96 valence electrons. The molecule has 1 saturated heterocycles. The summed E-state index contributed by atoms with van der Waals surface area (Å²) in [6.45, 7) is 3.04. The van der Waals surface area contributed by atoms with Crippen molar-refractivity contribution in [2.45, 2.75) is 32.3 Å². The summed E-state index contributed by atoms with van der Waals surface area (Å²) < 4.78 is 0. The Balaban J connectivity index is 2.55. The molecule has 0 aromatic rings. The highest BCUT2D eigenvalue weighted by Crippen LogP contribution is 2.21. The molecule has 1 amide bonds. The smallest absolute Gasteiger partial charge is 0.328 e. The first kappa shape index (κ1) is 13.7. The summed E-state index contributed by atoms with van der Waals surface area (Å²) >= 11 is 0. The van der Waals surface area contributed by atoms with Gasteiger partial charge in [-0.05, 0) is 12.8 Å². The van der Waals surface area contributed by atoms with Crippen molar-refractivity contribution < 1.29 is 19.8 Å². The molecule has 0 bridgehead atoms. The Morgan fingerprint density at radius 1 is 1.41 bits per heavy atom. The normalized spacial score (nSPS) is 25.2. The first-order chi connectivity index (χ1) is 8.04. The number of piperidine rings is 1. The van der Waals surface area contributed by atoms with E-state index in [1.165, 1.54) is 0 Å². The van der Waals surface area contributed by atoms with Crippen LogP contribution in [0.4, 0.5) is 0 Å². The van der Waals surface area contributed by atoms with E-state index in [1.807, 2.05) is 6.92 Å². The fraction of sp³-hybridized carbons (Fsp3) is 0.667. The molecular weight excluding hydrogens is 222 g/mol. The lowest BCUT2D eigenvalue weighted by Crippen LogP contribution is -2.45. The van der Waals surface area contributed by atoms with E-state index < -0.39 is 5.97 Å². The second-order valence-electron chi connectivity index (χ2n) is 4.36. The van der Waals surface area contributed by atoms with Gasteiger partial charge in [-0.3, -0.25) is 4.79 Å². The Labute approximate surface area is 101 Å². The summed E-state index contributed by atoms with van der Waals surface area (Å²) in [5.74, 6) is -1.31. The zero-order valence-corrected chi connectivity index (χ0v) is 10.0. The number of aliphatic carboxylic acids is 1. The highest BCUT2D eigenvalue weighted by molar-refractivity contribution is 5.93. The molecule has 0 aromatic carbocycles. The molecule has 0 unspecified atom stereocenters. The number of carboxylic acids is 1. The second kappa shape index (κ2) is 6.39. The van der Waals surface area contributed by atoms with E-state index in [1.54, 1.807) is 4.90 Å². The number of hydrogen-bond donors (Lipinski definition) is 2. The van der Waals surface area contributed by atoms with Crippen LogP contribution in [0.5, 0.6) is 0 Å². The molecule has 2 N–H and O–H groups in total. The SMILES string of the molecule is CCC[C@@H]1CN(C(=O)/C=C/C(=O)O)CC[C@@H]1O. The van der Waals surface area contributed by atoms with Crippen LogP contribution >= 0.6 is 0 Å². The lowest BCUT2D eigenvalue weighted by Gasteiger charge is -2.35. The number of rotatable bonds is 4. The molecule has 2 atom stereocenters. The molecule has 17 heavy (non-hydrogen) atoms. The fourth-order valence-corrected chi connectivity index (χ4v) is 2.12. The van der Waals surface area contributed by atoms with E-state index in [-0.39, 0.29) is 17.9 Å². The molecule has 0 saturated carbocycles. The number of aliphatic hydroxyl groups is 1. The molecule has 5 nitrogen and oxygen atoms in total. The van der Waals surface area contributed by atoms with Gasteiger partial charge in [-0.25, -0.2) is 4.79 Å². The van der Waals surface area contributed by atoms with Crippen molar-refractivity contribution in [3.8, 4) is 0 Å². The summed E-state index contributed by atoms with van der Waals surface area (Å²) in [4.78, 5) is 23.6. The van der Waals surface area contributed by atoms with Crippen LogP contribution in [-0.4, -0.2) is 46.2 Å². The lowest BCUT2D eigenvalue weighted by molar-refractivity contribution is -0.133. The van der Waals surface area contributed by atoms with Crippen LogP contribution < -0.4 is 0 Å². The minimum absolute atomic E-state index is 0.107. The van der Waals surface area contributed by atoms with Crippen LogP contribution in [0.15, 0.2) is 12.2 Å². The van der Waals surface area contributed by atoms with Crippen molar-refractivity contribution >= 4 is 11.9 Å². The average Bonchev–Trinajstić information content (AvgIpc) is 2.29. The number of likely N-dealkylation sites (tertiary alicyclic amines) is 1. The van der Waals surface area contributed by atoms with E-state index >= 15 is 0 Å². The van der Waals surface area contributed by atoms with Crippen molar-refractivity contribution in [1.29, 1.82) is 0 Å². The first-order valence-corrected chi connectivity index (χ1v) is 5.92. The minimum atomic E-state index is -1.12. The average molecular weight is 241 g/mol.